The van der Waals surface area contributed by atoms with Gasteiger partial charge in [0.2, 0.25) is 0 Å². The molecule has 10 rings (SSSR count). The van der Waals surface area contributed by atoms with Crippen molar-refractivity contribution < 1.29 is 0 Å². The van der Waals surface area contributed by atoms with Crippen molar-refractivity contribution >= 4 is 55.8 Å². The molecule has 0 radical (unpaired) electrons. The number of hydrogen-bond donors (Lipinski definition) is 0. The first-order valence-corrected chi connectivity index (χ1v) is 19.5. The van der Waals surface area contributed by atoms with Crippen LogP contribution in [0.15, 0.2) is 170 Å². The Kier molecular flexibility index (Phi) is 8.08. The molecule has 0 amide bonds. The van der Waals surface area contributed by atoms with Gasteiger partial charge in [-0.15, -0.1) is 0 Å². The summed E-state index contributed by atoms with van der Waals surface area (Å²) in [5.41, 5.74) is 19.6. The monoisotopic (exact) mass is 718 g/mol. The highest BCUT2D eigenvalue weighted by Crippen LogP contribution is 2.39. The molecule has 2 aromatic heterocycles. The fourth-order valence-corrected chi connectivity index (χ4v) is 8.59. The fourth-order valence-electron chi connectivity index (χ4n) is 8.59. The number of fused-ring (bicyclic) bond motifs is 6. The number of benzene rings is 8. The van der Waals surface area contributed by atoms with Crippen molar-refractivity contribution in [2.45, 2.75) is 27.7 Å². The molecule has 0 aliphatic heterocycles. The summed E-state index contributed by atoms with van der Waals surface area (Å²) in [5.74, 6) is 0. The molecule has 56 heavy (non-hydrogen) atoms. The number of nitrogens with zero attached hydrogens (tertiary/aromatic N) is 2. The zero-order valence-corrected chi connectivity index (χ0v) is 32.2. The van der Waals surface area contributed by atoms with Gasteiger partial charge < -0.3 is 9.13 Å². The maximum Gasteiger partial charge on any atom is 0.0543 e. The minimum Gasteiger partial charge on any atom is -0.309 e. The molecule has 10 aromatic rings. The van der Waals surface area contributed by atoms with E-state index >= 15 is 0 Å². The van der Waals surface area contributed by atoms with Gasteiger partial charge in [0, 0.05) is 32.8 Å². The second-order valence-corrected chi connectivity index (χ2v) is 15.3. The lowest BCUT2D eigenvalue weighted by molar-refractivity contribution is 1.16. The van der Waals surface area contributed by atoms with Gasteiger partial charge >= 0.3 is 0 Å². The van der Waals surface area contributed by atoms with Crippen molar-refractivity contribution in [3.05, 3.63) is 203 Å². The highest BCUT2D eigenvalue weighted by molar-refractivity contribution is 6.11. The normalized spacial score (nSPS) is 11.9. The van der Waals surface area contributed by atoms with Crippen LogP contribution in [0, 0.1) is 27.7 Å². The minimum absolute atomic E-state index is 1.16. The van der Waals surface area contributed by atoms with Crippen LogP contribution in [-0.4, -0.2) is 9.13 Å². The van der Waals surface area contributed by atoms with E-state index in [2.05, 4.69) is 219 Å². The van der Waals surface area contributed by atoms with E-state index in [9.17, 15) is 0 Å². The molecule has 0 spiro atoms. The fraction of sp³-hybridized carbons (Fsp3) is 0.0741. The summed E-state index contributed by atoms with van der Waals surface area (Å²) in [7, 11) is 0. The highest BCUT2D eigenvalue weighted by atomic mass is 15.0. The van der Waals surface area contributed by atoms with Gasteiger partial charge in [-0.1, -0.05) is 126 Å². The predicted octanol–water partition coefficient (Wildman–Crippen LogP) is 14.6. The van der Waals surface area contributed by atoms with Crippen LogP contribution in [0.3, 0.4) is 0 Å². The molecule has 0 bridgehead atoms. The Morgan fingerprint density at radius 1 is 0.375 bits per heavy atom. The van der Waals surface area contributed by atoms with E-state index in [0.29, 0.717) is 0 Å². The van der Waals surface area contributed by atoms with E-state index in [1.165, 1.54) is 105 Å². The maximum atomic E-state index is 2.47. The third-order valence-electron chi connectivity index (χ3n) is 11.6. The van der Waals surface area contributed by atoms with Gasteiger partial charge in [-0.2, -0.15) is 0 Å². The Bertz CT molecular complexity index is 3090. The van der Waals surface area contributed by atoms with Gasteiger partial charge in [0.1, 0.15) is 0 Å². The number of aromatic nitrogens is 2. The number of para-hydroxylation sites is 2. The largest absolute Gasteiger partial charge is 0.309 e. The Hall–Kier alpha value is -6.90. The summed E-state index contributed by atoms with van der Waals surface area (Å²) in [6, 6.07) is 62.4. The molecule has 0 saturated carbocycles. The Balaban J connectivity index is 1.02. The second-order valence-electron chi connectivity index (χ2n) is 15.3. The zero-order chi connectivity index (χ0) is 37.9. The summed E-state index contributed by atoms with van der Waals surface area (Å²) < 4.78 is 4.84. The molecule has 0 N–H and O–H groups in total. The van der Waals surface area contributed by atoms with Crippen molar-refractivity contribution in [3.8, 4) is 33.6 Å². The molecule has 0 aliphatic rings. The van der Waals surface area contributed by atoms with Crippen LogP contribution in [-0.2, 0) is 0 Å². The van der Waals surface area contributed by atoms with Crippen molar-refractivity contribution in [3.63, 3.8) is 0 Å². The molecule has 2 heterocycles. The van der Waals surface area contributed by atoms with Crippen LogP contribution >= 0.6 is 0 Å². The van der Waals surface area contributed by atoms with E-state index in [-0.39, 0.29) is 0 Å². The van der Waals surface area contributed by atoms with Gasteiger partial charge in [0.15, 0.2) is 0 Å². The molecule has 8 aromatic carbocycles. The molecule has 2 heteroatoms. The van der Waals surface area contributed by atoms with E-state index in [1.54, 1.807) is 0 Å². The van der Waals surface area contributed by atoms with Gasteiger partial charge in [-0.05, 0) is 133 Å². The minimum atomic E-state index is 1.16. The van der Waals surface area contributed by atoms with E-state index in [4.69, 9.17) is 0 Å². The van der Waals surface area contributed by atoms with Gasteiger partial charge in [0.05, 0.1) is 27.8 Å². The first-order valence-electron chi connectivity index (χ1n) is 19.5. The Morgan fingerprint density at radius 2 is 0.946 bits per heavy atom. The average molecular weight is 719 g/mol. The molecule has 0 fully saturated rings. The first kappa shape index (κ1) is 33.7. The van der Waals surface area contributed by atoms with Crippen LogP contribution in [0.1, 0.15) is 33.4 Å². The van der Waals surface area contributed by atoms with Gasteiger partial charge in [0.25, 0.3) is 0 Å². The van der Waals surface area contributed by atoms with Crippen LogP contribution in [0.25, 0.3) is 89.4 Å². The lowest BCUT2D eigenvalue weighted by Crippen LogP contribution is -1.99. The van der Waals surface area contributed by atoms with Crippen molar-refractivity contribution in [1.29, 1.82) is 0 Å². The molecular weight excluding hydrogens is 677 g/mol. The molecular formula is C54H42N2. The molecule has 0 unspecified atom stereocenters. The molecule has 2 nitrogen and oxygen atoms in total. The average Bonchev–Trinajstić information content (AvgIpc) is 3.73. The lowest BCUT2D eigenvalue weighted by Gasteiger charge is -2.17. The Morgan fingerprint density at radius 3 is 1.70 bits per heavy atom. The van der Waals surface area contributed by atoms with Crippen molar-refractivity contribution in [1.82, 2.24) is 9.13 Å². The van der Waals surface area contributed by atoms with Crippen LogP contribution in [0.4, 0.5) is 0 Å². The molecule has 268 valence electrons. The van der Waals surface area contributed by atoms with Crippen molar-refractivity contribution in [2.24, 2.45) is 0 Å². The summed E-state index contributed by atoms with van der Waals surface area (Å²) in [4.78, 5) is 0. The molecule has 0 atom stereocenters. The predicted molar refractivity (Wildman–Crippen MR) is 240 cm³/mol. The second kappa shape index (κ2) is 13.4. The first-order chi connectivity index (χ1) is 27.4. The molecule has 0 saturated heterocycles. The number of aryl methyl sites for hydroxylation is 4. The topological polar surface area (TPSA) is 9.86 Å². The van der Waals surface area contributed by atoms with Gasteiger partial charge in [-0.25, -0.2) is 0 Å². The smallest absolute Gasteiger partial charge is 0.0543 e. The van der Waals surface area contributed by atoms with Crippen LogP contribution in [0.5, 0.6) is 0 Å². The SMILES string of the molecule is Cc1ccc2c(c1)c1cc(C)ccc1n2-c1cc(C)c(C)cc1-c1ccc(C=Cc2ccccc2-c2ccc3c(c2)c2ccccc2n3-c2ccccc2)cc1. The van der Waals surface area contributed by atoms with E-state index in [0.717, 1.165) is 5.56 Å². The third-order valence-corrected chi connectivity index (χ3v) is 11.6. The summed E-state index contributed by atoms with van der Waals surface area (Å²) in [6.07, 6.45) is 4.49. The zero-order valence-electron chi connectivity index (χ0n) is 32.2. The quantitative estimate of drug-likeness (QED) is 0.152. The van der Waals surface area contributed by atoms with E-state index in [1.807, 2.05) is 0 Å². The standard InChI is InChI=1S/C54H42N2/c1-35-18-27-52-47(30-35)48-31-36(2)19-28-53(48)56(52)54-33-38(4)37(3)32-46(54)41-24-21-39(22-25-41)20-23-40-12-8-9-15-44(40)42-26-29-51-49(34-42)45-16-10-11-17-50(45)55(51)43-13-6-5-7-14-43/h5-34H,1-4H3. The lowest BCUT2D eigenvalue weighted by atomic mass is 9.96. The number of hydrogen-bond acceptors (Lipinski definition) is 0. The molecule has 0 aliphatic carbocycles. The highest BCUT2D eigenvalue weighted by Gasteiger charge is 2.18. The third kappa shape index (κ3) is 5.65. The maximum absolute atomic E-state index is 2.47. The summed E-state index contributed by atoms with van der Waals surface area (Å²) >= 11 is 0. The van der Waals surface area contributed by atoms with Crippen LogP contribution in [0.2, 0.25) is 0 Å². The Labute approximate surface area is 328 Å². The van der Waals surface area contributed by atoms with Gasteiger partial charge in [-0.3, -0.25) is 0 Å². The van der Waals surface area contributed by atoms with E-state index < -0.39 is 0 Å². The summed E-state index contributed by atoms with van der Waals surface area (Å²) in [5, 5.41) is 5.12. The summed E-state index contributed by atoms with van der Waals surface area (Å²) in [6.45, 7) is 8.80. The van der Waals surface area contributed by atoms with Crippen molar-refractivity contribution in [2.75, 3.05) is 0 Å². The number of rotatable bonds is 6. The van der Waals surface area contributed by atoms with Crippen LogP contribution < -0.4 is 0 Å².